The van der Waals surface area contributed by atoms with Crippen LogP contribution in [0.5, 0.6) is 0 Å². The minimum atomic E-state index is -0.972. The molecule has 0 saturated carbocycles. The van der Waals surface area contributed by atoms with Crippen LogP contribution in [0.15, 0.2) is 18.2 Å². The average molecular weight is 215 g/mol. The van der Waals surface area contributed by atoms with E-state index in [1.165, 1.54) is 6.07 Å². The van der Waals surface area contributed by atoms with Gasteiger partial charge in [-0.2, -0.15) is 0 Å². The summed E-state index contributed by atoms with van der Waals surface area (Å²) in [4.78, 5) is 0. The van der Waals surface area contributed by atoms with Crippen molar-refractivity contribution in [2.75, 3.05) is 0 Å². The van der Waals surface area contributed by atoms with Crippen LogP contribution >= 0.6 is 0 Å². The van der Waals surface area contributed by atoms with E-state index >= 15 is 0 Å². The maximum atomic E-state index is 12.9. The third-order valence-electron chi connectivity index (χ3n) is 2.42. The highest BCUT2D eigenvalue weighted by Gasteiger charge is 2.20. The fourth-order valence-electron chi connectivity index (χ4n) is 1.28. The Balaban J connectivity index is 2.91. The van der Waals surface area contributed by atoms with Crippen LogP contribution in [0, 0.1) is 17.6 Å². The standard InChI is InChI=1S/C11H15F2NO/c1-6(2)10(14)11(15)7-3-4-8(12)9(13)5-7/h3-6,10-11,15H,14H2,1-2H3. The zero-order chi connectivity index (χ0) is 11.6. The Hall–Kier alpha value is -1.00. The topological polar surface area (TPSA) is 46.2 Å². The van der Waals surface area contributed by atoms with E-state index in [-0.39, 0.29) is 5.92 Å². The first-order valence-corrected chi connectivity index (χ1v) is 4.82. The van der Waals surface area contributed by atoms with Crippen LogP contribution in [0.3, 0.4) is 0 Å². The van der Waals surface area contributed by atoms with Gasteiger partial charge in [-0.25, -0.2) is 8.78 Å². The highest BCUT2D eigenvalue weighted by molar-refractivity contribution is 5.21. The first-order chi connectivity index (χ1) is 6.93. The molecule has 0 heterocycles. The number of halogens is 2. The molecule has 0 amide bonds. The Labute approximate surface area is 87.7 Å². The zero-order valence-corrected chi connectivity index (χ0v) is 8.74. The maximum absolute atomic E-state index is 12.9. The van der Waals surface area contributed by atoms with Gasteiger partial charge in [0, 0.05) is 6.04 Å². The molecule has 0 aromatic heterocycles. The van der Waals surface area contributed by atoms with Gasteiger partial charge in [-0.3, -0.25) is 0 Å². The van der Waals surface area contributed by atoms with Crippen molar-refractivity contribution in [2.24, 2.45) is 11.7 Å². The van der Waals surface area contributed by atoms with Gasteiger partial charge in [-0.05, 0) is 23.6 Å². The molecule has 2 nitrogen and oxygen atoms in total. The maximum Gasteiger partial charge on any atom is 0.159 e. The lowest BCUT2D eigenvalue weighted by molar-refractivity contribution is 0.125. The number of hydrogen-bond donors (Lipinski definition) is 2. The number of nitrogens with two attached hydrogens (primary N) is 1. The molecular weight excluding hydrogens is 200 g/mol. The minimum Gasteiger partial charge on any atom is -0.387 e. The van der Waals surface area contributed by atoms with Gasteiger partial charge in [-0.15, -0.1) is 0 Å². The summed E-state index contributed by atoms with van der Waals surface area (Å²) in [7, 11) is 0. The lowest BCUT2D eigenvalue weighted by Crippen LogP contribution is -2.33. The fourth-order valence-corrected chi connectivity index (χ4v) is 1.28. The van der Waals surface area contributed by atoms with Crippen molar-refractivity contribution >= 4 is 0 Å². The predicted octanol–water partition coefficient (Wildman–Crippen LogP) is 1.98. The van der Waals surface area contributed by atoms with Crippen molar-refractivity contribution in [1.82, 2.24) is 0 Å². The lowest BCUT2D eigenvalue weighted by atomic mass is 9.94. The molecule has 0 saturated heterocycles. The smallest absolute Gasteiger partial charge is 0.159 e. The number of rotatable bonds is 3. The first kappa shape index (κ1) is 12.1. The highest BCUT2D eigenvalue weighted by atomic mass is 19.2. The summed E-state index contributed by atoms with van der Waals surface area (Å²) in [6.45, 7) is 3.71. The summed E-state index contributed by atoms with van der Waals surface area (Å²) in [5, 5.41) is 9.76. The minimum absolute atomic E-state index is 0.0631. The van der Waals surface area contributed by atoms with Crippen molar-refractivity contribution < 1.29 is 13.9 Å². The van der Waals surface area contributed by atoms with Crippen molar-refractivity contribution in [3.05, 3.63) is 35.4 Å². The van der Waals surface area contributed by atoms with E-state index in [2.05, 4.69) is 0 Å². The molecule has 0 aliphatic carbocycles. The van der Waals surface area contributed by atoms with Gasteiger partial charge in [0.2, 0.25) is 0 Å². The molecule has 0 aliphatic heterocycles. The van der Waals surface area contributed by atoms with Gasteiger partial charge in [0.15, 0.2) is 11.6 Å². The largest absolute Gasteiger partial charge is 0.387 e. The van der Waals surface area contributed by atoms with Crippen LogP contribution in [0.25, 0.3) is 0 Å². The molecule has 2 atom stereocenters. The molecule has 2 unspecified atom stereocenters. The van der Waals surface area contributed by atoms with Crippen molar-refractivity contribution in [3.8, 4) is 0 Å². The predicted molar refractivity (Wildman–Crippen MR) is 54.1 cm³/mol. The molecule has 0 spiro atoms. The molecular formula is C11H15F2NO. The monoisotopic (exact) mass is 215 g/mol. The summed E-state index contributed by atoms with van der Waals surface area (Å²) in [6, 6.07) is 2.81. The SMILES string of the molecule is CC(C)C(N)C(O)c1ccc(F)c(F)c1. The van der Waals surface area contributed by atoms with Crippen LogP contribution < -0.4 is 5.73 Å². The van der Waals surface area contributed by atoms with Crippen molar-refractivity contribution in [3.63, 3.8) is 0 Å². The van der Waals surface area contributed by atoms with E-state index in [0.717, 1.165) is 12.1 Å². The van der Waals surface area contributed by atoms with Crippen LogP contribution in [0.1, 0.15) is 25.5 Å². The molecule has 3 N–H and O–H groups in total. The summed E-state index contributed by atoms with van der Waals surface area (Å²) in [6.07, 6.45) is -0.972. The van der Waals surface area contributed by atoms with E-state index in [1.807, 2.05) is 13.8 Å². The molecule has 1 aromatic rings. The van der Waals surface area contributed by atoms with Crippen LogP contribution in [-0.4, -0.2) is 11.1 Å². The molecule has 4 heteroatoms. The number of benzene rings is 1. The second-order valence-corrected chi connectivity index (χ2v) is 3.94. The van der Waals surface area contributed by atoms with Gasteiger partial charge in [0.05, 0.1) is 6.10 Å². The van der Waals surface area contributed by atoms with Gasteiger partial charge < -0.3 is 10.8 Å². The van der Waals surface area contributed by atoms with Crippen LogP contribution in [0.4, 0.5) is 8.78 Å². The van der Waals surface area contributed by atoms with E-state index in [1.54, 1.807) is 0 Å². The second kappa shape index (κ2) is 4.68. The molecule has 0 radical (unpaired) electrons. The number of aliphatic hydroxyl groups is 1. The van der Waals surface area contributed by atoms with Gasteiger partial charge in [0.25, 0.3) is 0 Å². The highest BCUT2D eigenvalue weighted by Crippen LogP contribution is 2.21. The van der Waals surface area contributed by atoms with Crippen LogP contribution in [-0.2, 0) is 0 Å². The van der Waals surface area contributed by atoms with Gasteiger partial charge >= 0.3 is 0 Å². The van der Waals surface area contributed by atoms with Gasteiger partial charge in [0.1, 0.15) is 0 Å². The Morgan fingerprint density at radius 2 is 1.80 bits per heavy atom. The van der Waals surface area contributed by atoms with E-state index < -0.39 is 23.8 Å². The lowest BCUT2D eigenvalue weighted by Gasteiger charge is -2.22. The summed E-state index contributed by atoms with van der Waals surface area (Å²) < 4.78 is 25.5. The van der Waals surface area contributed by atoms with E-state index in [4.69, 9.17) is 5.73 Å². The average Bonchev–Trinajstić information content (AvgIpc) is 2.19. The van der Waals surface area contributed by atoms with Crippen molar-refractivity contribution in [1.29, 1.82) is 0 Å². The molecule has 15 heavy (non-hydrogen) atoms. The molecule has 1 aromatic carbocycles. The number of aliphatic hydroxyl groups excluding tert-OH is 1. The summed E-state index contributed by atoms with van der Waals surface area (Å²) in [5.41, 5.74) is 6.01. The summed E-state index contributed by atoms with van der Waals surface area (Å²) >= 11 is 0. The fraction of sp³-hybridized carbons (Fsp3) is 0.455. The van der Waals surface area contributed by atoms with Crippen LogP contribution in [0.2, 0.25) is 0 Å². The summed E-state index contributed by atoms with van der Waals surface area (Å²) in [5.74, 6) is -1.83. The third kappa shape index (κ3) is 2.73. The molecule has 0 bridgehead atoms. The quantitative estimate of drug-likeness (QED) is 0.809. The zero-order valence-electron chi connectivity index (χ0n) is 8.74. The van der Waals surface area contributed by atoms with Gasteiger partial charge in [-0.1, -0.05) is 19.9 Å². The van der Waals surface area contributed by atoms with E-state index in [9.17, 15) is 13.9 Å². The normalized spacial score (nSPS) is 15.4. The molecule has 1 rings (SSSR count). The third-order valence-corrected chi connectivity index (χ3v) is 2.42. The Morgan fingerprint density at radius 1 is 1.20 bits per heavy atom. The molecule has 84 valence electrons. The number of hydrogen-bond acceptors (Lipinski definition) is 2. The first-order valence-electron chi connectivity index (χ1n) is 4.82. The Kier molecular flexibility index (Phi) is 3.77. The van der Waals surface area contributed by atoms with E-state index in [0.29, 0.717) is 5.56 Å². The Morgan fingerprint density at radius 3 is 2.27 bits per heavy atom. The second-order valence-electron chi connectivity index (χ2n) is 3.94. The van der Waals surface area contributed by atoms with Crippen molar-refractivity contribution in [2.45, 2.75) is 26.0 Å². The Bertz CT molecular complexity index is 341. The molecule has 0 fully saturated rings. The molecule has 0 aliphatic rings.